The SMILES string of the molecule is CC1CN(C(=O)Cn2cccn2)CCC1(O)C1CCOCC1. The van der Waals surface area contributed by atoms with Gasteiger partial charge in [0.15, 0.2) is 0 Å². The van der Waals surface area contributed by atoms with Gasteiger partial charge in [0.1, 0.15) is 6.54 Å². The Hall–Kier alpha value is -1.40. The van der Waals surface area contributed by atoms with Crippen LogP contribution in [0, 0.1) is 11.8 Å². The van der Waals surface area contributed by atoms with Crippen molar-refractivity contribution in [3.63, 3.8) is 0 Å². The first kappa shape index (κ1) is 15.5. The molecule has 3 heterocycles. The Morgan fingerprint density at radius 2 is 2.23 bits per heavy atom. The summed E-state index contributed by atoms with van der Waals surface area (Å²) in [6, 6.07) is 1.82. The number of piperidine rings is 1. The van der Waals surface area contributed by atoms with E-state index in [1.807, 2.05) is 11.0 Å². The fourth-order valence-electron chi connectivity index (χ4n) is 3.80. The van der Waals surface area contributed by atoms with Crippen molar-refractivity contribution in [3.05, 3.63) is 18.5 Å². The van der Waals surface area contributed by atoms with Crippen molar-refractivity contribution >= 4 is 5.91 Å². The molecular formula is C16H25N3O3. The van der Waals surface area contributed by atoms with Crippen LogP contribution in [0.4, 0.5) is 0 Å². The highest BCUT2D eigenvalue weighted by molar-refractivity contribution is 5.76. The Bertz CT molecular complexity index is 499. The number of carbonyl (C=O) groups is 1. The Morgan fingerprint density at radius 3 is 2.86 bits per heavy atom. The van der Waals surface area contributed by atoms with Gasteiger partial charge in [-0.25, -0.2) is 0 Å². The van der Waals surface area contributed by atoms with Crippen molar-refractivity contribution in [1.29, 1.82) is 0 Å². The number of rotatable bonds is 3. The summed E-state index contributed by atoms with van der Waals surface area (Å²) in [5, 5.41) is 15.2. The summed E-state index contributed by atoms with van der Waals surface area (Å²) in [6.45, 7) is 5.05. The molecule has 6 heteroatoms. The lowest BCUT2D eigenvalue weighted by Gasteiger charge is -2.48. The van der Waals surface area contributed by atoms with E-state index in [9.17, 15) is 9.90 Å². The highest BCUT2D eigenvalue weighted by Gasteiger charge is 2.45. The van der Waals surface area contributed by atoms with Gasteiger partial charge < -0.3 is 14.7 Å². The zero-order valence-electron chi connectivity index (χ0n) is 13.1. The maximum Gasteiger partial charge on any atom is 0.244 e. The van der Waals surface area contributed by atoms with Crippen molar-refractivity contribution in [3.8, 4) is 0 Å². The molecule has 22 heavy (non-hydrogen) atoms. The fourth-order valence-corrected chi connectivity index (χ4v) is 3.80. The van der Waals surface area contributed by atoms with Gasteiger partial charge in [0, 0.05) is 44.6 Å². The second-order valence-electron chi connectivity index (χ2n) is 6.57. The summed E-state index contributed by atoms with van der Waals surface area (Å²) in [7, 11) is 0. The maximum atomic E-state index is 12.4. The quantitative estimate of drug-likeness (QED) is 0.901. The van der Waals surface area contributed by atoms with Crippen molar-refractivity contribution in [2.24, 2.45) is 11.8 Å². The average Bonchev–Trinajstić information content (AvgIpc) is 3.04. The molecule has 1 aromatic rings. The van der Waals surface area contributed by atoms with Gasteiger partial charge >= 0.3 is 0 Å². The summed E-state index contributed by atoms with van der Waals surface area (Å²) in [5.41, 5.74) is -0.660. The molecule has 2 saturated heterocycles. The molecule has 0 bridgehead atoms. The molecule has 1 aromatic heterocycles. The van der Waals surface area contributed by atoms with Crippen molar-refractivity contribution < 1.29 is 14.6 Å². The molecule has 2 atom stereocenters. The molecular weight excluding hydrogens is 282 g/mol. The van der Waals surface area contributed by atoms with Gasteiger partial charge in [0.25, 0.3) is 0 Å². The van der Waals surface area contributed by atoms with Crippen LogP contribution in [0.25, 0.3) is 0 Å². The number of ether oxygens (including phenoxy) is 1. The van der Waals surface area contributed by atoms with E-state index in [4.69, 9.17) is 4.74 Å². The molecule has 122 valence electrons. The number of aliphatic hydroxyl groups is 1. The lowest BCUT2D eigenvalue weighted by Crippen LogP contribution is -2.57. The summed E-state index contributed by atoms with van der Waals surface area (Å²) in [5.74, 6) is 0.454. The zero-order chi connectivity index (χ0) is 15.6. The van der Waals surface area contributed by atoms with Crippen LogP contribution in [-0.2, 0) is 16.1 Å². The predicted octanol–water partition coefficient (Wildman–Crippen LogP) is 0.909. The van der Waals surface area contributed by atoms with Crippen LogP contribution in [0.15, 0.2) is 18.5 Å². The summed E-state index contributed by atoms with van der Waals surface area (Å²) >= 11 is 0. The average molecular weight is 307 g/mol. The van der Waals surface area contributed by atoms with Gasteiger partial charge in [0.2, 0.25) is 5.91 Å². The molecule has 0 spiro atoms. The first-order valence-corrected chi connectivity index (χ1v) is 8.15. The first-order valence-electron chi connectivity index (χ1n) is 8.15. The molecule has 2 aliphatic rings. The molecule has 3 rings (SSSR count). The Labute approximate surface area is 131 Å². The van der Waals surface area contributed by atoms with E-state index in [-0.39, 0.29) is 18.4 Å². The molecule has 6 nitrogen and oxygen atoms in total. The van der Waals surface area contributed by atoms with E-state index in [1.165, 1.54) is 0 Å². The molecule has 2 aliphatic heterocycles. The van der Waals surface area contributed by atoms with Crippen LogP contribution in [0.2, 0.25) is 0 Å². The Balaban J connectivity index is 1.60. The van der Waals surface area contributed by atoms with Gasteiger partial charge in [-0.15, -0.1) is 0 Å². The van der Waals surface area contributed by atoms with Gasteiger partial charge in [-0.3, -0.25) is 9.48 Å². The molecule has 1 N–H and O–H groups in total. The third kappa shape index (κ3) is 3.03. The van der Waals surface area contributed by atoms with Crippen LogP contribution < -0.4 is 0 Å². The molecule has 0 aliphatic carbocycles. The molecule has 0 aromatic carbocycles. The van der Waals surface area contributed by atoms with Crippen molar-refractivity contribution in [1.82, 2.24) is 14.7 Å². The maximum absolute atomic E-state index is 12.4. The van der Waals surface area contributed by atoms with Crippen LogP contribution in [0.5, 0.6) is 0 Å². The summed E-state index contributed by atoms with van der Waals surface area (Å²) < 4.78 is 7.05. The minimum Gasteiger partial charge on any atom is -0.389 e. The standard InChI is InChI=1S/C16H25N3O3/c1-13-11-18(15(20)12-19-7-2-6-17-19)8-5-16(13,21)14-3-9-22-10-4-14/h2,6-7,13-14,21H,3-5,8-12H2,1H3. The third-order valence-electron chi connectivity index (χ3n) is 5.27. The van der Waals surface area contributed by atoms with Gasteiger partial charge in [-0.1, -0.05) is 6.92 Å². The smallest absolute Gasteiger partial charge is 0.244 e. The van der Waals surface area contributed by atoms with Gasteiger partial charge in [0.05, 0.1) is 5.60 Å². The lowest BCUT2D eigenvalue weighted by atomic mass is 9.70. The lowest BCUT2D eigenvalue weighted by molar-refractivity contribution is -0.151. The number of nitrogens with zero attached hydrogens (tertiary/aromatic N) is 3. The van der Waals surface area contributed by atoms with Crippen molar-refractivity contribution in [2.75, 3.05) is 26.3 Å². The number of carbonyl (C=O) groups excluding carboxylic acids is 1. The second kappa shape index (κ2) is 6.38. The summed E-state index contributed by atoms with van der Waals surface area (Å²) in [4.78, 5) is 14.2. The highest BCUT2D eigenvalue weighted by Crippen LogP contribution is 2.39. The van der Waals surface area contributed by atoms with E-state index in [2.05, 4.69) is 12.0 Å². The largest absolute Gasteiger partial charge is 0.389 e. The van der Waals surface area contributed by atoms with Crippen molar-refractivity contribution in [2.45, 2.75) is 38.3 Å². The minimum absolute atomic E-state index is 0.0737. The Kier molecular flexibility index (Phi) is 4.49. The number of amides is 1. The second-order valence-corrected chi connectivity index (χ2v) is 6.57. The van der Waals surface area contributed by atoms with E-state index in [0.717, 1.165) is 26.1 Å². The third-order valence-corrected chi connectivity index (χ3v) is 5.27. The number of hydrogen-bond donors (Lipinski definition) is 1. The van der Waals surface area contributed by atoms with E-state index >= 15 is 0 Å². The van der Waals surface area contributed by atoms with Gasteiger partial charge in [-0.05, 0) is 31.2 Å². The first-order chi connectivity index (χ1) is 10.6. The number of aromatic nitrogens is 2. The fraction of sp³-hybridized carbons (Fsp3) is 0.750. The van der Waals surface area contributed by atoms with E-state index < -0.39 is 5.60 Å². The normalized spacial score (nSPS) is 30.5. The molecule has 1 amide bonds. The van der Waals surface area contributed by atoms with Crippen LogP contribution in [0.1, 0.15) is 26.2 Å². The topological polar surface area (TPSA) is 67.6 Å². The molecule has 2 fully saturated rings. The monoisotopic (exact) mass is 307 g/mol. The highest BCUT2D eigenvalue weighted by atomic mass is 16.5. The Morgan fingerprint density at radius 1 is 1.45 bits per heavy atom. The van der Waals surface area contributed by atoms with Crippen LogP contribution in [0.3, 0.4) is 0 Å². The molecule has 0 saturated carbocycles. The minimum atomic E-state index is -0.660. The molecule has 0 radical (unpaired) electrons. The predicted molar refractivity (Wildman–Crippen MR) is 81.1 cm³/mol. The van der Waals surface area contributed by atoms with Gasteiger partial charge in [-0.2, -0.15) is 5.10 Å². The van der Waals surface area contributed by atoms with Crippen LogP contribution >= 0.6 is 0 Å². The van der Waals surface area contributed by atoms with Crippen LogP contribution in [-0.4, -0.2) is 57.6 Å². The zero-order valence-corrected chi connectivity index (χ0v) is 13.1. The van der Waals surface area contributed by atoms with E-state index in [1.54, 1.807) is 17.1 Å². The number of likely N-dealkylation sites (tertiary alicyclic amines) is 1. The number of hydrogen-bond acceptors (Lipinski definition) is 4. The van der Waals surface area contributed by atoms with E-state index in [0.29, 0.717) is 25.4 Å². The molecule has 2 unspecified atom stereocenters. The summed E-state index contributed by atoms with van der Waals surface area (Å²) in [6.07, 6.45) is 5.97.